The van der Waals surface area contributed by atoms with Crippen LogP contribution in [0.3, 0.4) is 0 Å². The molecular formula is C23H31N3O2S. The van der Waals surface area contributed by atoms with Gasteiger partial charge in [0.2, 0.25) is 0 Å². The number of amides is 1. The van der Waals surface area contributed by atoms with Crippen molar-refractivity contribution in [1.29, 1.82) is 0 Å². The maximum Gasteiger partial charge on any atom is 0.255 e. The molecule has 3 rings (SSSR count). The summed E-state index contributed by atoms with van der Waals surface area (Å²) in [5.74, 6) is 1.71. The number of carbonyl (C=O) groups is 1. The summed E-state index contributed by atoms with van der Waals surface area (Å²) in [5.41, 5.74) is 3.01. The number of benzene rings is 1. The Hall–Kier alpha value is -2.05. The minimum Gasteiger partial charge on any atom is -0.489 e. The molecule has 0 aliphatic carbocycles. The van der Waals surface area contributed by atoms with E-state index >= 15 is 0 Å². The number of hydrogen-bond acceptors (Lipinski definition) is 5. The average molecular weight is 414 g/mol. The summed E-state index contributed by atoms with van der Waals surface area (Å²) in [5, 5.41) is 3.03. The molecule has 1 amide bonds. The van der Waals surface area contributed by atoms with Crippen LogP contribution in [-0.4, -0.2) is 53.5 Å². The third-order valence-electron chi connectivity index (χ3n) is 5.17. The summed E-state index contributed by atoms with van der Waals surface area (Å²) in [7, 11) is 0. The fourth-order valence-electron chi connectivity index (χ4n) is 3.55. The first-order valence-electron chi connectivity index (χ1n) is 10.3. The fraction of sp³-hybridized carbons (Fsp3) is 0.478. The Morgan fingerprint density at radius 3 is 2.72 bits per heavy atom. The molecule has 156 valence electrons. The highest BCUT2D eigenvalue weighted by Crippen LogP contribution is 2.25. The molecule has 0 bridgehead atoms. The molecule has 2 aromatic rings. The van der Waals surface area contributed by atoms with Gasteiger partial charge in [-0.05, 0) is 68.0 Å². The lowest BCUT2D eigenvalue weighted by atomic mass is 10.1. The minimum atomic E-state index is -0.0417. The third kappa shape index (κ3) is 6.75. The zero-order valence-electron chi connectivity index (χ0n) is 17.4. The summed E-state index contributed by atoms with van der Waals surface area (Å²) in [6.45, 7) is 5.64. The van der Waals surface area contributed by atoms with Crippen LogP contribution in [-0.2, 0) is 6.54 Å². The van der Waals surface area contributed by atoms with Gasteiger partial charge in [0.05, 0.1) is 5.56 Å². The Bertz CT molecular complexity index is 777. The number of rotatable bonds is 9. The van der Waals surface area contributed by atoms with Crippen molar-refractivity contribution in [2.75, 3.05) is 31.6 Å². The molecule has 5 nitrogen and oxygen atoms in total. The summed E-state index contributed by atoms with van der Waals surface area (Å²) >= 11 is 1.80. The second kappa shape index (κ2) is 11.2. The Morgan fingerprint density at radius 1 is 1.24 bits per heavy atom. The molecule has 0 saturated carbocycles. The third-order valence-corrected chi connectivity index (χ3v) is 5.87. The number of thioether (sulfide) groups is 1. The van der Waals surface area contributed by atoms with Gasteiger partial charge in [0, 0.05) is 38.6 Å². The van der Waals surface area contributed by atoms with Crippen LogP contribution in [0.2, 0.25) is 0 Å². The molecular weight excluding hydrogens is 382 g/mol. The lowest BCUT2D eigenvalue weighted by Crippen LogP contribution is -2.38. The van der Waals surface area contributed by atoms with Crippen molar-refractivity contribution in [3.05, 3.63) is 59.4 Å². The van der Waals surface area contributed by atoms with Crippen LogP contribution in [0.15, 0.2) is 42.7 Å². The van der Waals surface area contributed by atoms with Crippen molar-refractivity contribution in [1.82, 2.24) is 15.2 Å². The van der Waals surface area contributed by atoms with Gasteiger partial charge >= 0.3 is 0 Å². The van der Waals surface area contributed by atoms with Crippen LogP contribution in [0.4, 0.5) is 0 Å². The maximum atomic E-state index is 12.7. The number of ether oxygens (including phenoxy) is 1. The van der Waals surface area contributed by atoms with Gasteiger partial charge in [-0.3, -0.25) is 14.7 Å². The normalized spacial score (nSPS) is 15.2. The van der Waals surface area contributed by atoms with E-state index in [2.05, 4.69) is 33.6 Å². The van der Waals surface area contributed by atoms with E-state index in [1.165, 1.54) is 5.56 Å². The molecule has 29 heavy (non-hydrogen) atoms. The van der Waals surface area contributed by atoms with Crippen LogP contribution in [0.5, 0.6) is 5.75 Å². The Morgan fingerprint density at radius 2 is 2.00 bits per heavy atom. The molecule has 0 radical (unpaired) electrons. The van der Waals surface area contributed by atoms with E-state index < -0.39 is 0 Å². The Kier molecular flexibility index (Phi) is 8.38. The fourth-order valence-corrected chi connectivity index (χ4v) is 3.98. The molecule has 0 atom stereocenters. The standard InChI is InChI=1S/C23H31N3O2S/c1-18-4-5-22(21(16-18)23(27)25-10-3-15-29-2)28-20-8-13-26(14-9-20)17-19-6-11-24-12-7-19/h4-7,11-12,16,20H,3,8-10,13-15,17H2,1-2H3,(H,25,27). The zero-order valence-corrected chi connectivity index (χ0v) is 18.2. The Balaban J connectivity index is 1.54. The van der Waals surface area contributed by atoms with Crippen molar-refractivity contribution in [2.45, 2.75) is 38.8 Å². The topological polar surface area (TPSA) is 54.5 Å². The van der Waals surface area contributed by atoms with Crippen LogP contribution in [0, 0.1) is 6.92 Å². The summed E-state index contributed by atoms with van der Waals surface area (Å²) in [6.07, 6.45) is 8.82. The van der Waals surface area contributed by atoms with Crippen molar-refractivity contribution < 1.29 is 9.53 Å². The predicted octanol–water partition coefficient (Wildman–Crippen LogP) is 3.92. The largest absolute Gasteiger partial charge is 0.489 e. The molecule has 1 saturated heterocycles. The number of nitrogens with one attached hydrogen (secondary N) is 1. The molecule has 1 aromatic carbocycles. The first kappa shape index (κ1) is 21.7. The summed E-state index contributed by atoms with van der Waals surface area (Å²) in [4.78, 5) is 19.2. The lowest BCUT2D eigenvalue weighted by Gasteiger charge is -2.32. The van der Waals surface area contributed by atoms with Gasteiger partial charge in [-0.15, -0.1) is 0 Å². The molecule has 0 unspecified atom stereocenters. The van der Waals surface area contributed by atoms with Gasteiger partial charge in [-0.2, -0.15) is 11.8 Å². The van der Waals surface area contributed by atoms with Crippen LogP contribution < -0.4 is 10.1 Å². The van der Waals surface area contributed by atoms with Crippen molar-refractivity contribution in [3.63, 3.8) is 0 Å². The number of aromatic nitrogens is 1. The monoisotopic (exact) mass is 413 g/mol. The highest BCUT2D eigenvalue weighted by atomic mass is 32.2. The summed E-state index contributed by atoms with van der Waals surface area (Å²) < 4.78 is 6.29. The molecule has 1 fully saturated rings. The number of nitrogens with zero attached hydrogens (tertiary/aromatic N) is 2. The number of aryl methyl sites for hydroxylation is 1. The van der Waals surface area contributed by atoms with Gasteiger partial charge in [-0.25, -0.2) is 0 Å². The van der Waals surface area contributed by atoms with E-state index in [1.807, 2.05) is 37.5 Å². The summed E-state index contributed by atoms with van der Waals surface area (Å²) in [6, 6.07) is 10.0. The molecule has 6 heteroatoms. The van der Waals surface area contributed by atoms with Crippen molar-refractivity contribution in [2.24, 2.45) is 0 Å². The maximum absolute atomic E-state index is 12.7. The Labute approximate surface area is 178 Å². The van der Waals surface area contributed by atoms with Crippen LogP contribution in [0.25, 0.3) is 0 Å². The zero-order chi connectivity index (χ0) is 20.5. The average Bonchev–Trinajstić information content (AvgIpc) is 2.74. The first-order valence-corrected chi connectivity index (χ1v) is 11.7. The lowest BCUT2D eigenvalue weighted by molar-refractivity contribution is 0.0892. The van der Waals surface area contributed by atoms with Gasteiger partial charge in [0.15, 0.2) is 0 Å². The highest BCUT2D eigenvalue weighted by molar-refractivity contribution is 7.98. The van der Waals surface area contributed by atoms with Crippen LogP contribution >= 0.6 is 11.8 Å². The van der Waals surface area contributed by atoms with Gasteiger partial charge in [-0.1, -0.05) is 11.6 Å². The van der Waals surface area contributed by atoms with Gasteiger partial charge in [0.25, 0.3) is 5.91 Å². The molecule has 1 N–H and O–H groups in total. The van der Waals surface area contributed by atoms with E-state index in [-0.39, 0.29) is 12.0 Å². The minimum absolute atomic E-state index is 0.0417. The molecule has 1 aromatic heterocycles. The quantitative estimate of drug-likeness (QED) is 0.632. The van der Waals surface area contributed by atoms with E-state index in [9.17, 15) is 4.79 Å². The first-order chi connectivity index (χ1) is 14.2. The molecule has 2 heterocycles. The number of pyridine rings is 1. The van der Waals surface area contributed by atoms with E-state index in [0.29, 0.717) is 17.9 Å². The number of piperidine rings is 1. The van der Waals surface area contributed by atoms with Crippen molar-refractivity contribution in [3.8, 4) is 5.75 Å². The van der Waals surface area contributed by atoms with E-state index in [1.54, 1.807) is 11.8 Å². The molecule has 0 spiro atoms. The van der Waals surface area contributed by atoms with E-state index in [4.69, 9.17) is 4.74 Å². The predicted molar refractivity (Wildman–Crippen MR) is 120 cm³/mol. The van der Waals surface area contributed by atoms with Crippen LogP contribution in [0.1, 0.15) is 40.7 Å². The second-order valence-electron chi connectivity index (χ2n) is 7.55. The highest BCUT2D eigenvalue weighted by Gasteiger charge is 2.22. The van der Waals surface area contributed by atoms with E-state index in [0.717, 1.165) is 50.2 Å². The SMILES string of the molecule is CSCCCNC(=O)c1cc(C)ccc1OC1CCN(Cc2ccncc2)CC1. The number of likely N-dealkylation sites (tertiary alicyclic amines) is 1. The van der Waals surface area contributed by atoms with Gasteiger partial charge in [0.1, 0.15) is 11.9 Å². The molecule has 1 aliphatic heterocycles. The smallest absolute Gasteiger partial charge is 0.255 e. The van der Waals surface area contributed by atoms with Gasteiger partial charge < -0.3 is 10.1 Å². The second-order valence-corrected chi connectivity index (χ2v) is 8.54. The van der Waals surface area contributed by atoms with Crippen molar-refractivity contribution >= 4 is 17.7 Å². The number of hydrogen-bond donors (Lipinski definition) is 1. The molecule has 1 aliphatic rings. The number of carbonyl (C=O) groups excluding carboxylic acids is 1.